The smallest absolute Gasteiger partial charge is 0.224 e. The lowest BCUT2D eigenvalue weighted by Gasteiger charge is -2.23. The fourth-order valence-electron chi connectivity index (χ4n) is 3.78. The molecule has 4 nitrogen and oxygen atoms in total. The van der Waals surface area contributed by atoms with Gasteiger partial charge in [-0.05, 0) is 54.9 Å². The van der Waals surface area contributed by atoms with Gasteiger partial charge in [0.05, 0.1) is 5.92 Å². The molecule has 1 unspecified atom stereocenters. The van der Waals surface area contributed by atoms with Crippen LogP contribution < -0.4 is 5.32 Å². The first-order chi connectivity index (χ1) is 15.1. The summed E-state index contributed by atoms with van der Waals surface area (Å²) in [5.74, 6) is -0.173. The van der Waals surface area contributed by atoms with Crippen molar-refractivity contribution in [1.82, 2.24) is 10.2 Å². The van der Waals surface area contributed by atoms with Gasteiger partial charge in [0.2, 0.25) is 12.3 Å². The first-order valence-electron chi connectivity index (χ1n) is 11.3. The van der Waals surface area contributed by atoms with Gasteiger partial charge in [-0.15, -0.1) is 0 Å². The molecule has 166 valence electrons. The van der Waals surface area contributed by atoms with E-state index in [2.05, 4.69) is 55.6 Å². The second kappa shape index (κ2) is 13.4. The molecule has 0 fully saturated rings. The van der Waals surface area contributed by atoms with E-state index in [9.17, 15) is 9.59 Å². The summed E-state index contributed by atoms with van der Waals surface area (Å²) in [6.07, 6.45) is 6.36. The van der Waals surface area contributed by atoms with Crippen molar-refractivity contribution in [2.75, 3.05) is 19.6 Å². The SMILES string of the molecule is CC/C=C(/CCNC(=O)C(CC)CN(C=O)CCc1ccccc1)c1ccccc1C. The summed E-state index contributed by atoms with van der Waals surface area (Å²) in [5.41, 5.74) is 4.96. The molecular formula is C27H36N2O2. The van der Waals surface area contributed by atoms with Crippen LogP contribution in [0.1, 0.15) is 49.8 Å². The van der Waals surface area contributed by atoms with Gasteiger partial charge in [-0.3, -0.25) is 9.59 Å². The number of nitrogens with one attached hydrogen (secondary N) is 1. The fraction of sp³-hybridized carbons (Fsp3) is 0.407. The minimum absolute atomic E-state index is 0.0229. The third-order valence-electron chi connectivity index (χ3n) is 5.63. The van der Waals surface area contributed by atoms with Crippen LogP contribution in [0.15, 0.2) is 60.7 Å². The molecule has 4 heteroatoms. The Kier molecular flexibility index (Phi) is 10.6. The van der Waals surface area contributed by atoms with Gasteiger partial charge in [-0.25, -0.2) is 0 Å². The van der Waals surface area contributed by atoms with E-state index in [1.54, 1.807) is 4.90 Å². The fourth-order valence-corrected chi connectivity index (χ4v) is 3.78. The predicted octanol–water partition coefficient (Wildman–Crippen LogP) is 5.02. The lowest BCUT2D eigenvalue weighted by atomic mass is 9.97. The highest BCUT2D eigenvalue weighted by Gasteiger charge is 2.19. The molecule has 0 aromatic heterocycles. The van der Waals surface area contributed by atoms with Crippen LogP contribution in [-0.2, 0) is 16.0 Å². The van der Waals surface area contributed by atoms with Gasteiger partial charge in [0.25, 0.3) is 0 Å². The molecule has 1 atom stereocenters. The molecule has 0 bridgehead atoms. The molecule has 0 radical (unpaired) electrons. The zero-order valence-electron chi connectivity index (χ0n) is 19.1. The number of benzene rings is 2. The molecular weight excluding hydrogens is 384 g/mol. The van der Waals surface area contributed by atoms with Gasteiger partial charge in [0.15, 0.2) is 0 Å². The van der Waals surface area contributed by atoms with Crippen LogP contribution >= 0.6 is 0 Å². The highest BCUT2D eigenvalue weighted by atomic mass is 16.2. The van der Waals surface area contributed by atoms with Crippen molar-refractivity contribution in [3.05, 3.63) is 77.4 Å². The molecule has 0 aliphatic heterocycles. The van der Waals surface area contributed by atoms with E-state index in [1.807, 2.05) is 31.2 Å². The first kappa shape index (κ1) is 24.4. The van der Waals surface area contributed by atoms with Crippen molar-refractivity contribution >= 4 is 17.9 Å². The first-order valence-corrected chi connectivity index (χ1v) is 11.3. The number of carbonyl (C=O) groups excluding carboxylic acids is 2. The van der Waals surface area contributed by atoms with Gasteiger partial charge in [0.1, 0.15) is 0 Å². The maximum absolute atomic E-state index is 12.8. The van der Waals surface area contributed by atoms with E-state index in [0.717, 1.165) is 25.7 Å². The molecule has 2 amide bonds. The summed E-state index contributed by atoms with van der Waals surface area (Å²) in [6.45, 7) is 7.92. The Morgan fingerprint density at radius 1 is 1.06 bits per heavy atom. The van der Waals surface area contributed by atoms with E-state index in [0.29, 0.717) is 26.1 Å². The van der Waals surface area contributed by atoms with Gasteiger partial charge in [0, 0.05) is 19.6 Å². The number of nitrogens with zero attached hydrogens (tertiary/aromatic N) is 1. The molecule has 1 N–H and O–H groups in total. The highest BCUT2D eigenvalue weighted by Crippen LogP contribution is 2.22. The Morgan fingerprint density at radius 3 is 2.42 bits per heavy atom. The van der Waals surface area contributed by atoms with E-state index in [1.165, 1.54) is 22.3 Å². The van der Waals surface area contributed by atoms with Crippen LogP contribution in [0.5, 0.6) is 0 Å². The number of rotatable bonds is 13. The summed E-state index contributed by atoms with van der Waals surface area (Å²) < 4.78 is 0. The van der Waals surface area contributed by atoms with Crippen molar-refractivity contribution in [2.24, 2.45) is 5.92 Å². The molecule has 0 spiro atoms. The number of carbonyl (C=O) groups is 2. The summed E-state index contributed by atoms with van der Waals surface area (Å²) >= 11 is 0. The zero-order chi connectivity index (χ0) is 22.5. The summed E-state index contributed by atoms with van der Waals surface area (Å²) in [6, 6.07) is 18.5. The second-order valence-electron chi connectivity index (χ2n) is 7.93. The Bertz CT molecular complexity index is 845. The average Bonchev–Trinajstić information content (AvgIpc) is 2.79. The largest absolute Gasteiger partial charge is 0.355 e. The van der Waals surface area contributed by atoms with Crippen molar-refractivity contribution in [2.45, 2.75) is 46.5 Å². The maximum atomic E-state index is 12.8. The lowest BCUT2D eigenvalue weighted by molar-refractivity contribution is -0.127. The normalized spacial score (nSPS) is 12.3. The zero-order valence-corrected chi connectivity index (χ0v) is 19.1. The standard InChI is InChI=1S/C27H36N2O2/c1-4-11-25(26-15-10-9-12-22(26)3)16-18-28-27(31)24(5-2)20-29(21-30)19-17-23-13-7-6-8-14-23/h6-15,21,24H,4-5,16-20H2,1-3H3,(H,28,31)/b25-11-. The van der Waals surface area contributed by atoms with E-state index >= 15 is 0 Å². The van der Waals surface area contributed by atoms with Gasteiger partial charge < -0.3 is 10.2 Å². The van der Waals surface area contributed by atoms with Gasteiger partial charge in [-0.2, -0.15) is 0 Å². The highest BCUT2D eigenvalue weighted by molar-refractivity contribution is 5.79. The Balaban J connectivity index is 1.87. The maximum Gasteiger partial charge on any atom is 0.224 e. The average molecular weight is 421 g/mol. The van der Waals surface area contributed by atoms with Gasteiger partial charge >= 0.3 is 0 Å². The number of allylic oxidation sites excluding steroid dienone is 1. The van der Waals surface area contributed by atoms with Crippen LogP contribution in [0.25, 0.3) is 5.57 Å². The Hall–Kier alpha value is -2.88. The number of hydrogen-bond donors (Lipinski definition) is 1. The van der Waals surface area contributed by atoms with E-state index < -0.39 is 0 Å². The molecule has 0 saturated carbocycles. The van der Waals surface area contributed by atoms with Crippen molar-refractivity contribution in [3.8, 4) is 0 Å². The molecule has 0 saturated heterocycles. The van der Waals surface area contributed by atoms with Crippen molar-refractivity contribution < 1.29 is 9.59 Å². The van der Waals surface area contributed by atoms with E-state index in [-0.39, 0.29) is 11.8 Å². The molecule has 2 aromatic carbocycles. The number of aryl methyl sites for hydroxylation is 1. The topological polar surface area (TPSA) is 49.4 Å². The van der Waals surface area contributed by atoms with Crippen LogP contribution in [0.3, 0.4) is 0 Å². The van der Waals surface area contributed by atoms with Crippen LogP contribution in [0, 0.1) is 12.8 Å². The lowest BCUT2D eigenvalue weighted by Crippen LogP contribution is -2.39. The van der Waals surface area contributed by atoms with Gasteiger partial charge in [-0.1, -0.05) is 74.5 Å². The Labute approximate surface area is 187 Å². The summed E-state index contributed by atoms with van der Waals surface area (Å²) in [5, 5.41) is 3.09. The Morgan fingerprint density at radius 2 is 1.77 bits per heavy atom. The number of amides is 2. The third-order valence-corrected chi connectivity index (χ3v) is 5.63. The van der Waals surface area contributed by atoms with E-state index in [4.69, 9.17) is 0 Å². The molecule has 0 aliphatic carbocycles. The summed E-state index contributed by atoms with van der Waals surface area (Å²) in [7, 11) is 0. The predicted molar refractivity (Wildman–Crippen MR) is 129 cm³/mol. The molecule has 0 aliphatic rings. The van der Waals surface area contributed by atoms with Crippen molar-refractivity contribution in [3.63, 3.8) is 0 Å². The molecule has 2 rings (SSSR count). The monoisotopic (exact) mass is 420 g/mol. The number of hydrogen-bond acceptors (Lipinski definition) is 2. The van der Waals surface area contributed by atoms with Crippen molar-refractivity contribution in [1.29, 1.82) is 0 Å². The quantitative estimate of drug-likeness (QED) is 0.463. The molecule has 2 aromatic rings. The minimum Gasteiger partial charge on any atom is -0.355 e. The van der Waals surface area contributed by atoms with Crippen LogP contribution in [0.4, 0.5) is 0 Å². The molecule has 31 heavy (non-hydrogen) atoms. The van der Waals surface area contributed by atoms with Crippen LogP contribution in [-0.4, -0.2) is 36.9 Å². The third kappa shape index (κ3) is 8.05. The summed E-state index contributed by atoms with van der Waals surface area (Å²) in [4.78, 5) is 26.0. The van der Waals surface area contributed by atoms with Crippen LogP contribution in [0.2, 0.25) is 0 Å². The molecule has 0 heterocycles. The minimum atomic E-state index is -0.196. The second-order valence-corrected chi connectivity index (χ2v) is 7.93.